The summed E-state index contributed by atoms with van der Waals surface area (Å²) >= 11 is 0. The minimum Gasteiger partial charge on any atom is -0.553 e. The molecule has 0 saturated carbocycles. The molecule has 0 spiro atoms. The van der Waals surface area contributed by atoms with E-state index in [9.17, 15) is 4.79 Å². The molecule has 0 aromatic heterocycles. The average Bonchev–Trinajstić information content (AvgIpc) is 2.66. The van der Waals surface area contributed by atoms with Crippen molar-refractivity contribution in [3.63, 3.8) is 0 Å². The first-order chi connectivity index (χ1) is 13.3. The van der Waals surface area contributed by atoms with Gasteiger partial charge in [-0.2, -0.15) is 0 Å². The summed E-state index contributed by atoms with van der Waals surface area (Å²) in [4.78, 5) is 13.8. The number of ketones is 1. The molecule has 0 aliphatic heterocycles. The number of benzene rings is 2. The minimum atomic E-state index is 0.102. The van der Waals surface area contributed by atoms with Crippen LogP contribution in [-0.4, -0.2) is 16.3 Å². The van der Waals surface area contributed by atoms with Crippen LogP contribution in [0.1, 0.15) is 97.5 Å². The highest BCUT2D eigenvalue weighted by Gasteiger charge is 2.30. The van der Waals surface area contributed by atoms with Crippen LogP contribution in [0.3, 0.4) is 0 Å². The molecular weight excluding hydrogens is 360 g/mol. The smallest absolute Gasteiger partial charge is 0.204 e. The van der Waals surface area contributed by atoms with E-state index in [1.54, 1.807) is 0 Å². The van der Waals surface area contributed by atoms with Crippen molar-refractivity contribution in [1.29, 1.82) is 0 Å². The van der Waals surface area contributed by atoms with Gasteiger partial charge in [-0.1, -0.05) is 78.0 Å². The Kier molecular flexibility index (Phi) is 7.42. The third-order valence-corrected chi connectivity index (χ3v) is 5.63. The zero-order valence-electron chi connectivity index (χ0n) is 18.4. The Balaban J connectivity index is 3.06. The van der Waals surface area contributed by atoms with Crippen molar-refractivity contribution in [3.05, 3.63) is 76.4 Å². The summed E-state index contributed by atoms with van der Waals surface area (Å²) in [6.07, 6.45) is 2.57. The second-order valence-electron chi connectivity index (χ2n) is 8.28. The Morgan fingerprint density at radius 1 is 0.964 bits per heavy atom. The Labute approximate surface area is 173 Å². The number of carbonyl (C=O) groups excluding carboxylic acids is 1. The van der Waals surface area contributed by atoms with E-state index in [0.717, 1.165) is 28.0 Å². The molecule has 0 saturated heterocycles. The molecular formula is C25H34O2Si. The highest BCUT2D eigenvalue weighted by Crippen LogP contribution is 2.45. The SMILES string of the molecule is C=CCc1c(C(=O)c2ccccc2)c(C(C)C)c(C(C)C)c(O[SiH3])c1C(C)C. The molecule has 0 unspecified atom stereocenters. The number of allylic oxidation sites excluding steroid dienone is 1. The van der Waals surface area contributed by atoms with Crippen molar-refractivity contribution in [2.24, 2.45) is 0 Å². The van der Waals surface area contributed by atoms with Crippen LogP contribution in [0.25, 0.3) is 0 Å². The predicted molar refractivity (Wildman–Crippen MR) is 123 cm³/mol. The maximum Gasteiger partial charge on any atom is 0.204 e. The van der Waals surface area contributed by atoms with Gasteiger partial charge >= 0.3 is 0 Å². The number of carbonyl (C=O) groups is 1. The molecule has 150 valence electrons. The second kappa shape index (κ2) is 9.38. The number of hydrogen-bond acceptors (Lipinski definition) is 2. The molecule has 0 fully saturated rings. The van der Waals surface area contributed by atoms with Gasteiger partial charge in [0.25, 0.3) is 0 Å². The molecule has 2 rings (SSSR count). The predicted octanol–water partition coefficient (Wildman–Crippen LogP) is 5.68. The fraction of sp³-hybridized carbons (Fsp3) is 0.400. The van der Waals surface area contributed by atoms with E-state index in [2.05, 4.69) is 48.1 Å². The summed E-state index contributed by atoms with van der Waals surface area (Å²) in [5, 5.41) is 0. The van der Waals surface area contributed by atoms with Crippen LogP contribution >= 0.6 is 0 Å². The monoisotopic (exact) mass is 394 g/mol. The molecule has 2 aromatic carbocycles. The zero-order valence-corrected chi connectivity index (χ0v) is 20.4. The Morgan fingerprint density at radius 2 is 1.50 bits per heavy atom. The minimum absolute atomic E-state index is 0.102. The largest absolute Gasteiger partial charge is 0.553 e. The molecule has 0 N–H and O–H groups in total. The number of hydrogen-bond donors (Lipinski definition) is 0. The first-order valence-corrected chi connectivity index (χ1v) is 11.0. The van der Waals surface area contributed by atoms with E-state index in [-0.39, 0.29) is 23.5 Å². The van der Waals surface area contributed by atoms with Crippen LogP contribution in [0.2, 0.25) is 0 Å². The van der Waals surface area contributed by atoms with Crippen molar-refractivity contribution in [2.45, 2.75) is 65.7 Å². The summed E-state index contributed by atoms with van der Waals surface area (Å²) in [6.45, 7) is 17.1. The molecule has 28 heavy (non-hydrogen) atoms. The third kappa shape index (κ3) is 4.15. The molecule has 0 aliphatic carbocycles. The molecule has 0 atom stereocenters. The van der Waals surface area contributed by atoms with Crippen LogP contribution in [0.5, 0.6) is 5.75 Å². The van der Waals surface area contributed by atoms with Crippen LogP contribution in [0.15, 0.2) is 43.0 Å². The normalized spacial score (nSPS) is 11.5. The molecule has 2 aromatic rings. The lowest BCUT2D eigenvalue weighted by Crippen LogP contribution is -2.18. The fourth-order valence-corrected chi connectivity index (χ4v) is 4.63. The van der Waals surface area contributed by atoms with Gasteiger partial charge in [-0.15, -0.1) is 6.58 Å². The molecule has 3 heteroatoms. The van der Waals surface area contributed by atoms with Gasteiger partial charge in [0.1, 0.15) is 5.75 Å². The molecule has 0 bridgehead atoms. The second-order valence-corrected chi connectivity index (χ2v) is 8.69. The van der Waals surface area contributed by atoms with Gasteiger partial charge in [-0.3, -0.25) is 4.79 Å². The molecule has 0 radical (unpaired) electrons. The van der Waals surface area contributed by atoms with E-state index in [0.29, 0.717) is 16.9 Å². The van der Waals surface area contributed by atoms with E-state index in [1.165, 1.54) is 11.1 Å². The molecule has 0 heterocycles. The quantitative estimate of drug-likeness (QED) is 0.327. The standard InChI is InChI=1S/C25H34O2Si/c1-8-12-19-20(15(2)3)25(27-28)22(17(6)7)21(16(4)5)23(19)24(26)18-13-10-9-11-14-18/h8-11,13-17H,1,12H2,2-7,28H3. The van der Waals surface area contributed by atoms with Gasteiger partial charge in [-0.25, -0.2) is 0 Å². The zero-order chi connectivity index (χ0) is 21.0. The van der Waals surface area contributed by atoms with Crippen LogP contribution < -0.4 is 4.43 Å². The average molecular weight is 395 g/mol. The lowest BCUT2D eigenvalue weighted by molar-refractivity contribution is 0.103. The van der Waals surface area contributed by atoms with Crippen molar-refractivity contribution in [2.75, 3.05) is 0 Å². The van der Waals surface area contributed by atoms with Crippen molar-refractivity contribution in [1.82, 2.24) is 0 Å². The Hall–Kier alpha value is -2.13. The Bertz CT molecular complexity index is 849. The van der Waals surface area contributed by atoms with Gasteiger partial charge in [0.2, 0.25) is 10.5 Å². The van der Waals surface area contributed by atoms with Crippen molar-refractivity contribution < 1.29 is 9.22 Å². The van der Waals surface area contributed by atoms with Gasteiger partial charge in [0.15, 0.2) is 5.78 Å². The van der Waals surface area contributed by atoms with E-state index in [4.69, 9.17) is 4.43 Å². The van der Waals surface area contributed by atoms with E-state index >= 15 is 0 Å². The maximum atomic E-state index is 13.8. The van der Waals surface area contributed by atoms with E-state index in [1.807, 2.05) is 36.4 Å². The van der Waals surface area contributed by atoms with E-state index < -0.39 is 0 Å². The summed E-state index contributed by atoms with van der Waals surface area (Å²) in [5.74, 6) is 1.87. The topological polar surface area (TPSA) is 26.3 Å². The summed E-state index contributed by atoms with van der Waals surface area (Å²) in [7, 11) is 0.620. The molecule has 0 aliphatic rings. The first-order valence-electron chi connectivity index (χ1n) is 10.2. The van der Waals surface area contributed by atoms with Crippen molar-refractivity contribution >= 4 is 16.3 Å². The van der Waals surface area contributed by atoms with Crippen LogP contribution in [0.4, 0.5) is 0 Å². The van der Waals surface area contributed by atoms with Crippen LogP contribution in [-0.2, 0) is 6.42 Å². The Morgan fingerprint density at radius 3 is 1.93 bits per heavy atom. The number of rotatable bonds is 8. The van der Waals surface area contributed by atoms with Gasteiger partial charge in [0.05, 0.1) is 0 Å². The summed E-state index contributed by atoms with van der Waals surface area (Å²) in [6, 6.07) is 9.62. The fourth-order valence-electron chi connectivity index (χ4n) is 4.19. The van der Waals surface area contributed by atoms with Crippen LogP contribution in [0, 0.1) is 0 Å². The van der Waals surface area contributed by atoms with Gasteiger partial charge in [-0.05, 0) is 46.4 Å². The maximum absolute atomic E-state index is 13.8. The first kappa shape index (κ1) is 22.2. The third-order valence-electron chi connectivity index (χ3n) is 5.22. The lowest BCUT2D eigenvalue weighted by atomic mass is 9.76. The molecule has 2 nitrogen and oxygen atoms in total. The highest BCUT2D eigenvalue weighted by atomic mass is 28.2. The van der Waals surface area contributed by atoms with Crippen molar-refractivity contribution in [3.8, 4) is 5.75 Å². The van der Waals surface area contributed by atoms with Gasteiger partial charge < -0.3 is 4.43 Å². The lowest BCUT2D eigenvalue weighted by Gasteiger charge is -2.30. The van der Waals surface area contributed by atoms with Gasteiger partial charge in [0, 0.05) is 11.1 Å². The summed E-state index contributed by atoms with van der Waals surface area (Å²) < 4.78 is 6.11. The highest BCUT2D eigenvalue weighted by molar-refractivity contribution is 6.12. The summed E-state index contributed by atoms with van der Waals surface area (Å²) in [5.41, 5.74) is 6.17. The molecule has 0 amide bonds.